The van der Waals surface area contributed by atoms with E-state index in [1.165, 1.54) is 24.5 Å². The summed E-state index contributed by atoms with van der Waals surface area (Å²) in [4.78, 5) is 12.6. The fraction of sp³-hybridized carbons (Fsp3) is 0.154. The smallest absolute Gasteiger partial charge is 0.341 e. The van der Waals surface area contributed by atoms with Gasteiger partial charge in [-0.1, -0.05) is 11.6 Å². The number of nitrogens with two attached hydrogens (primary N) is 1. The third-order valence-electron chi connectivity index (χ3n) is 2.41. The van der Waals surface area contributed by atoms with Crippen LogP contribution in [0, 0.1) is 0 Å². The number of ether oxygens (including phenoxy) is 2. The first-order valence-corrected chi connectivity index (χ1v) is 6.64. The van der Waals surface area contributed by atoms with Crippen LogP contribution in [0.3, 0.4) is 0 Å². The molecule has 0 saturated heterocycles. The maximum atomic E-state index is 11.6. The third kappa shape index (κ3) is 3.39. The maximum absolute atomic E-state index is 11.6. The van der Waals surface area contributed by atoms with E-state index in [9.17, 15) is 4.79 Å². The summed E-state index contributed by atoms with van der Waals surface area (Å²) in [6.07, 6.45) is 0. The molecule has 0 aliphatic carbocycles. The molecule has 0 aliphatic heterocycles. The average molecular weight is 298 g/mol. The van der Waals surface area contributed by atoms with E-state index >= 15 is 0 Å². The number of thiophene rings is 1. The van der Waals surface area contributed by atoms with Gasteiger partial charge in [0.1, 0.15) is 17.9 Å². The lowest BCUT2D eigenvalue weighted by atomic mass is 10.2. The Morgan fingerprint density at radius 1 is 1.37 bits per heavy atom. The van der Waals surface area contributed by atoms with Crippen molar-refractivity contribution in [1.82, 2.24) is 0 Å². The van der Waals surface area contributed by atoms with E-state index < -0.39 is 5.97 Å². The minimum atomic E-state index is -0.480. The first-order chi connectivity index (χ1) is 9.10. The zero-order chi connectivity index (χ0) is 13.8. The van der Waals surface area contributed by atoms with E-state index in [1.807, 2.05) is 6.07 Å². The van der Waals surface area contributed by atoms with E-state index in [1.54, 1.807) is 18.2 Å². The van der Waals surface area contributed by atoms with Gasteiger partial charge in [0, 0.05) is 10.6 Å². The molecule has 4 nitrogen and oxygen atoms in total. The lowest BCUT2D eigenvalue weighted by Crippen LogP contribution is -2.06. The summed E-state index contributed by atoms with van der Waals surface area (Å²) in [7, 11) is 1.31. The SMILES string of the molecule is COC(=O)c1cc(N)ccc1OCc1ccc(Cl)s1. The van der Waals surface area contributed by atoms with Crippen molar-refractivity contribution in [3.05, 3.63) is 45.1 Å². The number of anilines is 1. The lowest BCUT2D eigenvalue weighted by molar-refractivity contribution is 0.0595. The van der Waals surface area contributed by atoms with Crippen LogP contribution in [-0.2, 0) is 11.3 Å². The molecule has 0 radical (unpaired) electrons. The zero-order valence-corrected chi connectivity index (χ0v) is 11.8. The van der Waals surface area contributed by atoms with E-state index in [0.717, 1.165) is 4.88 Å². The monoisotopic (exact) mass is 297 g/mol. The predicted molar refractivity (Wildman–Crippen MR) is 75.9 cm³/mol. The van der Waals surface area contributed by atoms with Crippen molar-refractivity contribution in [1.29, 1.82) is 0 Å². The topological polar surface area (TPSA) is 61.5 Å². The number of methoxy groups -OCH3 is 1. The molecule has 0 unspecified atom stereocenters. The largest absolute Gasteiger partial charge is 0.487 e. The highest BCUT2D eigenvalue weighted by Crippen LogP contribution is 2.26. The van der Waals surface area contributed by atoms with E-state index in [-0.39, 0.29) is 0 Å². The molecule has 2 rings (SSSR count). The Bertz CT molecular complexity index is 597. The molecule has 6 heteroatoms. The van der Waals surface area contributed by atoms with Crippen molar-refractivity contribution in [2.24, 2.45) is 0 Å². The first-order valence-electron chi connectivity index (χ1n) is 5.45. The number of hydrogen-bond donors (Lipinski definition) is 1. The minimum Gasteiger partial charge on any atom is -0.487 e. The van der Waals surface area contributed by atoms with Crippen LogP contribution in [-0.4, -0.2) is 13.1 Å². The number of carbonyl (C=O) groups is 1. The minimum absolute atomic E-state index is 0.310. The van der Waals surface area contributed by atoms with Crippen molar-refractivity contribution in [2.75, 3.05) is 12.8 Å². The maximum Gasteiger partial charge on any atom is 0.341 e. The fourth-order valence-electron chi connectivity index (χ4n) is 1.52. The highest BCUT2D eigenvalue weighted by molar-refractivity contribution is 7.16. The zero-order valence-electron chi connectivity index (χ0n) is 10.2. The number of esters is 1. The number of hydrogen-bond acceptors (Lipinski definition) is 5. The summed E-state index contributed by atoms with van der Waals surface area (Å²) >= 11 is 7.27. The van der Waals surface area contributed by atoms with Crippen molar-refractivity contribution in [3.63, 3.8) is 0 Å². The molecule has 100 valence electrons. The number of benzene rings is 1. The van der Waals surface area contributed by atoms with E-state index in [0.29, 0.717) is 27.9 Å². The Morgan fingerprint density at radius 2 is 2.16 bits per heavy atom. The fourth-order valence-corrected chi connectivity index (χ4v) is 2.52. The van der Waals surface area contributed by atoms with Gasteiger partial charge in [0.25, 0.3) is 0 Å². The Labute approximate surface area is 119 Å². The van der Waals surface area contributed by atoms with E-state index in [4.69, 9.17) is 26.8 Å². The number of nitrogen functional groups attached to an aromatic ring is 1. The Kier molecular flexibility index (Phi) is 4.29. The predicted octanol–water partition coefficient (Wildman–Crippen LogP) is 3.35. The van der Waals surface area contributed by atoms with Gasteiger partial charge < -0.3 is 15.2 Å². The van der Waals surface area contributed by atoms with Crippen LogP contribution in [0.1, 0.15) is 15.2 Å². The number of halogens is 1. The molecular formula is C13H12ClNO3S. The third-order valence-corrected chi connectivity index (χ3v) is 3.61. The van der Waals surface area contributed by atoms with Gasteiger partial charge >= 0.3 is 5.97 Å². The molecule has 2 N–H and O–H groups in total. The summed E-state index contributed by atoms with van der Waals surface area (Å²) in [6.45, 7) is 0.339. The summed E-state index contributed by atoms with van der Waals surface area (Å²) in [5.41, 5.74) is 6.44. The van der Waals surface area contributed by atoms with Gasteiger partial charge in [-0.3, -0.25) is 0 Å². The Morgan fingerprint density at radius 3 is 2.79 bits per heavy atom. The van der Waals surface area contributed by atoms with Crippen molar-refractivity contribution < 1.29 is 14.3 Å². The highest BCUT2D eigenvalue weighted by atomic mass is 35.5. The van der Waals surface area contributed by atoms with Gasteiger partial charge in [0.2, 0.25) is 0 Å². The first kappa shape index (κ1) is 13.7. The molecule has 19 heavy (non-hydrogen) atoms. The van der Waals surface area contributed by atoms with Crippen LogP contribution in [0.4, 0.5) is 5.69 Å². The summed E-state index contributed by atoms with van der Waals surface area (Å²) < 4.78 is 11.0. The molecule has 0 bridgehead atoms. The molecule has 1 heterocycles. The van der Waals surface area contributed by atoms with Crippen LogP contribution < -0.4 is 10.5 Å². The van der Waals surface area contributed by atoms with Gasteiger partial charge in [-0.25, -0.2) is 4.79 Å². The van der Waals surface area contributed by atoms with Gasteiger partial charge in [0.05, 0.1) is 11.4 Å². The lowest BCUT2D eigenvalue weighted by Gasteiger charge is -2.10. The van der Waals surface area contributed by atoms with E-state index in [2.05, 4.69) is 0 Å². The summed E-state index contributed by atoms with van der Waals surface area (Å²) in [5.74, 6) is -0.0444. The second-order valence-corrected chi connectivity index (χ2v) is 5.54. The number of rotatable bonds is 4. The second-order valence-electron chi connectivity index (χ2n) is 3.74. The quantitative estimate of drug-likeness (QED) is 0.694. The molecule has 0 saturated carbocycles. The number of carbonyl (C=O) groups excluding carboxylic acids is 1. The molecule has 0 aliphatic rings. The second kappa shape index (κ2) is 5.95. The summed E-state index contributed by atoms with van der Waals surface area (Å²) in [5, 5.41) is 0. The molecule has 0 spiro atoms. The summed E-state index contributed by atoms with van der Waals surface area (Å²) in [6, 6.07) is 8.53. The standard InChI is InChI=1S/C13H12ClNO3S/c1-17-13(16)10-6-8(15)2-4-11(10)18-7-9-3-5-12(14)19-9/h2-6H,7,15H2,1H3. The van der Waals surface area contributed by atoms with Crippen LogP contribution >= 0.6 is 22.9 Å². The van der Waals surface area contributed by atoms with Crippen LogP contribution in [0.5, 0.6) is 5.75 Å². The molecule has 1 aromatic carbocycles. The van der Waals surface area contributed by atoms with Gasteiger partial charge in [-0.2, -0.15) is 0 Å². The Hall–Kier alpha value is -1.72. The van der Waals surface area contributed by atoms with Crippen LogP contribution in [0.25, 0.3) is 0 Å². The van der Waals surface area contributed by atoms with Crippen molar-refractivity contribution in [2.45, 2.75) is 6.61 Å². The average Bonchev–Trinajstić information content (AvgIpc) is 2.82. The molecular weight excluding hydrogens is 286 g/mol. The van der Waals surface area contributed by atoms with Crippen LogP contribution in [0.15, 0.2) is 30.3 Å². The molecule has 0 fully saturated rings. The molecule has 1 aromatic heterocycles. The van der Waals surface area contributed by atoms with Crippen molar-refractivity contribution >= 4 is 34.6 Å². The molecule has 0 atom stereocenters. The Balaban J connectivity index is 2.17. The van der Waals surface area contributed by atoms with Crippen LogP contribution in [0.2, 0.25) is 4.34 Å². The van der Waals surface area contributed by atoms with Gasteiger partial charge in [-0.05, 0) is 30.3 Å². The molecule has 2 aromatic rings. The molecule has 0 amide bonds. The van der Waals surface area contributed by atoms with Gasteiger partial charge in [-0.15, -0.1) is 11.3 Å². The van der Waals surface area contributed by atoms with Gasteiger partial charge in [0.15, 0.2) is 0 Å². The highest BCUT2D eigenvalue weighted by Gasteiger charge is 2.14. The van der Waals surface area contributed by atoms with Crippen molar-refractivity contribution in [3.8, 4) is 5.75 Å². The normalized spacial score (nSPS) is 10.2.